The van der Waals surface area contributed by atoms with Gasteiger partial charge in [0.15, 0.2) is 4.80 Å². The molecule has 0 spiro atoms. The van der Waals surface area contributed by atoms with Crippen LogP contribution in [-0.2, 0) is 17.8 Å². The van der Waals surface area contributed by atoms with E-state index in [9.17, 15) is 9.59 Å². The van der Waals surface area contributed by atoms with Crippen LogP contribution in [0.2, 0.25) is 0 Å². The van der Waals surface area contributed by atoms with Crippen LogP contribution in [0, 0.1) is 26.2 Å². The molecule has 0 fully saturated rings. The van der Waals surface area contributed by atoms with Gasteiger partial charge in [-0.3, -0.25) is 9.59 Å². The lowest BCUT2D eigenvalue weighted by atomic mass is 10.1. The number of carbonyl (C=O) groups excluding carboxylic acids is 1. The Morgan fingerprint density at radius 3 is 2.79 bits per heavy atom. The van der Waals surface area contributed by atoms with Crippen molar-refractivity contribution in [2.75, 3.05) is 5.32 Å². The lowest BCUT2D eigenvalue weighted by Crippen LogP contribution is -2.23. The molecule has 1 aliphatic heterocycles. The number of carbonyl (C=O) groups is 1. The van der Waals surface area contributed by atoms with Crippen LogP contribution in [0.15, 0.2) is 63.7 Å². The Balaban J connectivity index is 1.68. The first-order chi connectivity index (χ1) is 16.4. The van der Waals surface area contributed by atoms with Crippen molar-refractivity contribution in [2.24, 2.45) is 4.99 Å². The van der Waals surface area contributed by atoms with Gasteiger partial charge in [0, 0.05) is 27.9 Å². The van der Waals surface area contributed by atoms with Crippen LogP contribution < -0.4 is 15.7 Å². The summed E-state index contributed by atoms with van der Waals surface area (Å²) in [6.07, 6.45) is 5.92. The van der Waals surface area contributed by atoms with Gasteiger partial charge in [0.2, 0.25) is 5.91 Å². The molecule has 1 aliphatic rings. The number of benzene rings is 2. The number of nitrogens with zero attached hydrogens (tertiary/aromatic N) is 2. The Bertz CT molecular complexity index is 1610. The number of hydrogen-bond donors (Lipinski definition) is 2. The van der Waals surface area contributed by atoms with Crippen molar-refractivity contribution in [1.29, 1.82) is 0 Å². The number of pyridine rings is 1. The van der Waals surface area contributed by atoms with Crippen LogP contribution in [0.1, 0.15) is 27.9 Å². The molecule has 4 aromatic rings. The molecular weight excluding hydrogens is 444 g/mol. The molecule has 168 valence electrons. The standard InChI is InChI=1S/C27H22N4O2S/c1-4-18-6-5-7-21(11-18)29-27-31(14-22-16(2)10-17(3)28-26(22)33)24(15-34-27)19-8-9-23-20(12-19)13-25(32)30-23/h1,5-12,15H,13-14H2,2-3H3,(H,28,33)(H,30,32). The van der Waals surface area contributed by atoms with E-state index in [0.717, 1.165) is 49.8 Å². The summed E-state index contributed by atoms with van der Waals surface area (Å²) in [5.41, 5.74) is 7.53. The van der Waals surface area contributed by atoms with Crippen molar-refractivity contribution in [3.8, 4) is 23.6 Å². The lowest BCUT2D eigenvalue weighted by Gasteiger charge is -2.12. The number of nitrogens with one attached hydrogen (secondary N) is 2. The second kappa shape index (κ2) is 8.65. The maximum atomic E-state index is 12.8. The van der Waals surface area contributed by atoms with Crippen molar-refractivity contribution < 1.29 is 4.79 Å². The highest BCUT2D eigenvalue weighted by molar-refractivity contribution is 7.07. The smallest absolute Gasteiger partial charge is 0.253 e. The topological polar surface area (TPSA) is 79.2 Å². The molecular formula is C27H22N4O2S. The second-order valence-electron chi connectivity index (χ2n) is 8.34. The molecule has 0 unspecified atom stereocenters. The van der Waals surface area contributed by atoms with Gasteiger partial charge in [-0.05, 0) is 66.9 Å². The van der Waals surface area contributed by atoms with E-state index in [4.69, 9.17) is 11.4 Å². The number of fused-ring (bicyclic) bond motifs is 1. The number of aromatic nitrogens is 2. The molecule has 5 rings (SSSR count). The number of H-pyrrole nitrogens is 1. The average Bonchev–Trinajstić information content (AvgIpc) is 3.37. The SMILES string of the molecule is C#Cc1cccc(N=c2scc(-c3ccc4c(c3)CC(=O)N4)n2Cc2c(C)cc(C)[nH]c2=O)c1. The Hall–Kier alpha value is -4.15. The second-order valence-corrected chi connectivity index (χ2v) is 9.17. The highest BCUT2D eigenvalue weighted by Gasteiger charge is 2.19. The van der Waals surface area contributed by atoms with Crippen LogP contribution in [0.3, 0.4) is 0 Å². The predicted molar refractivity (Wildman–Crippen MR) is 135 cm³/mol. The zero-order valence-electron chi connectivity index (χ0n) is 18.8. The number of hydrogen-bond acceptors (Lipinski definition) is 4. The van der Waals surface area contributed by atoms with Crippen molar-refractivity contribution >= 4 is 28.6 Å². The van der Waals surface area contributed by atoms with E-state index in [-0.39, 0.29) is 11.5 Å². The zero-order chi connectivity index (χ0) is 23.8. The molecule has 6 nitrogen and oxygen atoms in total. The minimum Gasteiger partial charge on any atom is -0.326 e. The number of thiazole rings is 1. The zero-order valence-corrected chi connectivity index (χ0v) is 19.6. The molecule has 2 aromatic heterocycles. The third-order valence-corrected chi connectivity index (χ3v) is 6.73. The fraction of sp³-hybridized carbons (Fsp3) is 0.148. The Morgan fingerprint density at radius 1 is 1.15 bits per heavy atom. The Morgan fingerprint density at radius 2 is 2.00 bits per heavy atom. The van der Waals surface area contributed by atoms with Crippen molar-refractivity contribution in [2.45, 2.75) is 26.8 Å². The van der Waals surface area contributed by atoms with Gasteiger partial charge in [0.05, 0.1) is 24.3 Å². The normalized spacial score (nSPS) is 13.0. The summed E-state index contributed by atoms with van der Waals surface area (Å²) in [6.45, 7) is 4.19. The summed E-state index contributed by atoms with van der Waals surface area (Å²) in [4.78, 5) is 33.2. The first-order valence-corrected chi connectivity index (χ1v) is 11.7. The summed E-state index contributed by atoms with van der Waals surface area (Å²) in [6, 6.07) is 15.4. The predicted octanol–water partition coefficient (Wildman–Crippen LogP) is 4.28. The monoisotopic (exact) mass is 466 g/mol. The highest BCUT2D eigenvalue weighted by atomic mass is 32.1. The molecule has 7 heteroatoms. The van der Waals surface area contributed by atoms with Crippen LogP contribution in [0.4, 0.5) is 11.4 Å². The number of anilines is 1. The van der Waals surface area contributed by atoms with Gasteiger partial charge >= 0.3 is 0 Å². The number of aryl methyl sites for hydroxylation is 2. The Kier molecular flexibility index (Phi) is 5.52. The average molecular weight is 467 g/mol. The summed E-state index contributed by atoms with van der Waals surface area (Å²) in [7, 11) is 0. The van der Waals surface area contributed by atoms with Crippen molar-refractivity contribution in [1.82, 2.24) is 9.55 Å². The lowest BCUT2D eigenvalue weighted by molar-refractivity contribution is -0.115. The number of aromatic amines is 1. The Labute approximate surface area is 200 Å². The molecule has 34 heavy (non-hydrogen) atoms. The van der Waals surface area contributed by atoms with Gasteiger partial charge in [0.25, 0.3) is 5.56 Å². The van der Waals surface area contributed by atoms with Crippen LogP contribution >= 0.6 is 11.3 Å². The summed E-state index contributed by atoms with van der Waals surface area (Å²) >= 11 is 1.50. The van der Waals surface area contributed by atoms with E-state index < -0.39 is 0 Å². The van der Waals surface area contributed by atoms with Gasteiger partial charge in [-0.1, -0.05) is 18.1 Å². The third-order valence-electron chi connectivity index (χ3n) is 5.87. The van der Waals surface area contributed by atoms with Crippen LogP contribution in [0.5, 0.6) is 0 Å². The first-order valence-electron chi connectivity index (χ1n) is 10.8. The molecule has 3 heterocycles. The molecule has 0 radical (unpaired) electrons. The van der Waals surface area contributed by atoms with Crippen molar-refractivity contribution in [3.05, 3.63) is 97.0 Å². The molecule has 0 bridgehead atoms. The highest BCUT2D eigenvalue weighted by Crippen LogP contribution is 2.30. The van der Waals surface area contributed by atoms with E-state index in [1.807, 2.05) is 72.3 Å². The molecule has 0 saturated heterocycles. The minimum atomic E-state index is -0.105. The quantitative estimate of drug-likeness (QED) is 0.441. The number of terminal acetylenes is 1. The van der Waals surface area contributed by atoms with Gasteiger partial charge in [-0.15, -0.1) is 17.8 Å². The van der Waals surface area contributed by atoms with E-state index >= 15 is 0 Å². The number of rotatable bonds is 4. The molecule has 2 aromatic carbocycles. The van der Waals surface area contributed by atoms with E-state index in [1.54, 1.807) is 0 Å². The summed E-state index contributed by atoms with van der Waals surface area (Å²) < 4.78 is 2.05. The third kappa shape index (κ3) is 4.12. The van der Waals surface area contributed by atoms with Gasteiger partial charge < -0.3 is 14.9 Å². The van der Waals surface area contributed by atoms with E-state index in [2.05, 4.69) is 16.2 Å². The molecule has 0 saturated carbocycles. The van der Waals surface area contributed by atoms with Gasteiger partial charge in [-0.25, -0.2) is 4.99 Å². The van der Waals surface area contributed by atoms with Gasteiger partial charge in [0.1, 0.15) is 0 Å². The maximum Gasteiger partial charge on any atom is 0.253 e. The minimum absolute atomic E-state index is 0.00348. The number of amides is 1. The van der Waals surface area contributed by atoms with Gasteiger partial charge in [-0.2, -0.15) is 0 Å². The maximum absolute atomic E-state index is 12.8. The summed E-state index contributed by atoms with van der Waals surface area (Å²) in [5, 5.41) is 4.91. The molecule has 0 atom stereocenters. The fourth-order valence-electron chi connectivity index (χ4n) is 4.20. The molecule has 1 amide bonds. The van der Waals surface area contributed by atoms with E-state index in [1.165, 1.54) is 11.3 Å². The molecule has 2 N–H and O–H groups in total. The van der Waals surface area contributed by atoms with E-state index in [0.29, 0.717) is 18.5 Å². The largest absolute Gasteiger partial charge is 0.326 e. The fourth-order valence-corrected chi connectivity index (χ4v) is 5.13. The summed E-state index contributed by atoms with van der Waals surface area (Å²) in [5.74, 6) is 2.64. The van der Waals surface area contributed by atoms with Crippen LogP contribution in [-0.4, -0.2) is 15.5 Å². The van der Waals surface area contributed by atoms with Crippen LogP contribution in [0.25, 0.3) is 11.3 Å². The molecule has 0 aliphatic carbocycles. The van der Waals surface area contributed by atoms with Crippen molar-refractivity contribution in [3.63, 3.8) is 0 Å². The first kappa shape index (κ1) is 21.7.